The van der Waals surface area contributed by atoms with Crippen LogP contribution in [0.4, 0.5) is 4.79 Å². The summed E-state index contributed by atoms with van der Waals surface area (Å²) in [5.74, 6) is 0.703. The van der Waals surface area contributed by atoms with Crippen LogP contribution in [0, 0.1) is 13.8 Å². The standard InChI is InChI=1S/C14H18N4O3/c1-9-4-5-10(2)18(9)13-6-11(16-8-17-13)12(7-20-3)21-14(15)19/h4-6,8,12H,7H2,1-3H3,(H2,15,19). The van der Waals surface area contributed by atoms with Crippen molar-refractivity contribution in [2.45, 2.75) is 20.0 Å². The number of nitrogens with two attached hydrogens (primary N) is 1. The third-order valence-electron chi connectivity index (χ3n) is 3.08. The summed E-state index contributed by atoms with van der Waals surface area (Å²) in [6.07, 6.45) is -0.104. The van der Waals surface area contributed by atoms with E-state index in [0.717, 1.165) is 11.4 Å². The Hall–Kier alpha value is -2.41. The molecule has 7 heteroatoms. The van der Waals surface area contributed by atoms with Crippen molar-refractivity contribution in [3.8, 4) is 5.82 Å². The van der Waals surface area contributed by atoms with Gasteiger partial charge in [0, 0.05) is 24.6 Å². The van der Waals surface area contributed by atoms with E-state index in [-0.39, 0.29) is 6.61 Å². The van der Waals surface area contributed by atoms with Crippen molar-refractivity contribution < 1.29 is 14.3 Å². The molecule has 2 aromatic heterocycles. The van der Waals surface area contributed by atoms with Gasteiger partial charge in [-0.2, -0.15) is 0 Å². The van der Waals surface area contributed by atoms with Crippen LogP contribution in [-0.4, -0.2) is 34.3 Å². The van der Waals surface area contributed by atoms with Crippen LogP contribution in [0.25, 0.3) is 5.82 Å². The first-order valence-electron chi connectivity index (χ1n) is 6.45. The van der Waals surface area contributed by atoms with Crippen LogP contribution < -0.4 is 5.73 Å². The average molecular weight is 290 g/mol. The molecule has 2 aromatic rings. The van der Waals surface area contributed by atoms with Crippen molar-refractivity contribution in [1.29, 1.82) is 0 Å². The van der Waals surface area contributed by atoms with E-state index >= 15 is 0 Å². The van der Waals surface area contributed by atoms with Gasteiger partial charge in [0.1, 0.15) is 12.1 Å². The highest BCUT2D eigenvalue weighted by atomic mass is 16.6. The molecule has 112 valence electrons. The molecule has 0 fully saturated rings. The summed E-state index contributed by atoms with van der Waals surface area (Å²) in [6.45, 7) is 4.14. The monoisotopic (exact) mass is 290 g/mol. The van der Waals surface area contributed by atoms with E-state index in [4.69, 9.17) is 15.2 Å². The van der Waals surface area contributed by atoms with Gasteiger partial charge in [0.05, 0.1) is 12.3 Å². The van der Waals surface area contributed by atoms with Crippen LogP contribution in [0.3, 0.4) is 0 Å². The molecule has 21 heavy (non-hydrogen) atoms. The third-order valence-corrected chi connectivity index (χ3v) is 3.08. The molecule has 0 bridgehead atoms. The van der Waals surface area contributed by atoms with Gasteiger partial charge in [-0.1, -0.05) is 0 Å². The molecule has 0 saturated heterocycles. The number of carbonyl (C=O) groups excluding carboxylic acids is 1. The first-order chi connectivity index (χ1) is 10.0. The first kappa shape index (κ1) is 15.0. The molecule has 0 radical (unpaired) electrons. The summed E-state index contributed by atoms with van der Waals surface area (Å²) in [5, 5.41) is 0. The lowest BCUT2D eigenvalue weighted by molar-refractivity contribution is 0.0409. The van der Waals surface area contributed by atoms with Crippen molar-refractivity contribution in [2.24, 2.45) is 5.73 Å². The van der Waals surface area contributed by atoms with Gasteiger partial charge in [0.25, 0.3) is 0 Å². The zero-order valence-electron chi connectivity index (χ0n) is 12.2. The Labute approximate surface area is 122 Å². The lowest BCUT2D eigenvalue weighted by atomic mass is 10.2. The summed E-state index contributed by atoms with van der Waals surface area (Å²) in [7, 11) is 1.51. The molecule has 2 N–H and O–H groups in total. The zero-order chi connectivity index (χ0) is 15.4. The van der Waals surface area contributed by atoms with E-state index in [1.54, 1.807) is 6.07 Å². The summed E-state index contributed by atoms with van der Waals surface area (Å²) in [5.41, 5.74) is 7.72. The topological polar surface area (TPSA) is 92.3 Å². The van der Waals surface area contributed by atoms with Crippen molar-refractivity contribution in [3.63, 3.8) is 0 Å². The van der Waals surface area contributed by atoms with Gasteiger partial charge in [0.2, 0.25) is 0 Å². The summed E-state index contributed by atoms with van der Waals surface area (Å²) < 4.78 is 12.0. The minimum Gasteiger partial charge on any atom is -0.437 e. The van der Waals surface area contributed by atoms with E-state index < -0.39 is 12.2 Å². The second-order valence-corrected chi connectivity index (χ2v) is 4.63. The number of amides is 1. The maximum Gasteiger partial charge on any atom is 0.405 e. The van der Waals surface area contributed by atoms with Crippen LogP contribution in [-0.2, 0) is 9.47 Å². The fourth-order valence-corrected chi connectivity index (χ4v) is 2.16. The number of hydrogen-bond acceptors (Lipinski definition) is 5. The predicted molar refractivity (Wildman–Crippen MR) is 76.1 cm³/mol. The van der Waals surface area contributed by atoms with Crippen LogP contribution in [0.5, 0.6) is 0 Å². The van der Waals surface area contributed by atoms with Gasteiger partial charge >= 0.3 is 6.09 Å². The van der Waals surface area contributed by atoms with Gasteiger partial charge in [-0.15, -0.1) is 0 Å². The number of ether oxygens (including phenoxy) is 2. The fraction of sp³-hybridized carbons (Fsp3) is 0.357. The van der Waals surface area contributed by atoms with Gasteiger partial charge < -0.3 is 19.8 Å². The van der Waals surface area contributed by atoms with E-state index in [2.05, 4.69) is 9.97 Å². The van der Waals surface area contributed by atoms with Gasteiger partial charge in [-0.05, 0) is 26.0 Å². The van der Waals surface area contributed by atoms with Crippen LogP contribution in [0.15, 0.2) is 24.5 Å². The summed E-state index contributed by atoms with van der Waals surface area (Å²) in [6, 6.07) is 5.76. The molecule has 0 saturated carbocycles. The second kappa shape index (κ2) is 6.36. The van der Waals surface area contributed by atoms with Crippen LogP contribution in [0.1, 0.15) is 23.2 Å². The fourth-order valence-electron chi connectivity index (χ4n) is 2.16. The predicted octanol–water partition coefficient (Wildman–Crippen LogP) is 1.67. The molecule has 2 rings (SSSR count). The maximum atomic E-state index is 11.0. The Bertz CT molecular complexity index is 619. The largest absolute Gasteiger partial charge is 0.437 e. The molecule has 0 aliphatic heterocycles. The van der Waals surface area contributed by atoms with E-state index in [0.29, 0.717) is 11.5 Å². The molecule has 0 aliphatic carbocycles. The lowest BCUT2D eigenvalue weighted by Crippen LogP contribution is -2.21. The third kappa shape index (κ3) is 3.38. The number of primary amides is 1. The maximum absolute atomic E-state index is 11.0. The van der Waals surface area contributed by atoms with E-state index in [1.807, 2.05) is 30.5 Å². The first-order valence-corrected chi connectivity index (χ1v) is 6.45. The Kier molecular flexibility index (Phi) is 4.54. The molecule has 1 atom stereocenters. The molecule has 2 heterocycles. The molecule has 0 spiro atoms. The van der Waals surface area contributed by atoms with E-state index in [1.165, 1.54) is 13.4 Å². The number of aromatic nitrogens is 3. The molecule has 1 unspecified atom stereocenters. The van der Waals surface area contributed by atoms with E-state index in [9.17, 15) is 4.79 Å². The van der Waals surface area contributed by atoms with Crippen LogP contribution >= 0.6 is 0 Å². The van der Waals surface area contributed by atoms with Gasteiger partial charge in [-0.3, -0.25) is 0 Å². The minimum absolute atomic E-state index is 0.170. The quantitative estimate of drug-likeness (QED) is 0.904. The second-order valence-electron chi connectivity index (χ2n) is 4.63. The number of nitrogens with zero attached hydrogens (tertiary/aromatic N) is 3. The van der Waals surface area contributed by atoms with Crippen molar-refractivity contribution in [2.75, 3.05) is 13.7 Å². The molecule has 1 amide bonds. The molecule has 7 nitrogen and oxygen atoms in total. The number of aryl methyl sites for hydroxylation is 2. The smallest absolute Gasteiger partial charge is 0.405 e. The van der Waals surface area contributed by atoms with Gasteiger partial charge in [0.15, 0.2) is 6.10 Å². The Balaban J connectivity index is 2.38. The zero-order valence-corrected chi connectivity index (χ0v) is 12.2. The number of methoxy groups -OCH3 is 1. The Morgan fingerprint density at radius 2 is 2.00 bits per heavy atom. The molecule has 0 aromatic carbocycles. The summed E-state index contributed by atoms with van der Waals surface area (Å²) in [4.78, 5) is 19.4. The van der Waals surface area contributed by atoms with Crippen LogP contribution in [0.2, 0.25) is 0 Å². The number of carbonyl (C=O) groups is 1. The van der Waals surface area contributed by atoms with Crippen molar-refractivity contribution >= 4 is 6.09 Å². The highest BCUT2D eigenvalue weighted by Gasteiger charge is 2.18. The van der Waals surface area contributed by atoms with Crippen molar-refractivity contribution in [1.82, 2.24) is 14.5 Å². The SMILES string of the molecule is COCC(OC(N)=O)c1cc(-n2c(C)ccc2C)ncn1. The number of hydrogen-bond donors (Lipinski definition) is 1. The normalized spacial score (nSPS) is 12.1. The minimum atomic E-state index is -0.870. The average Bonchev–Trinajstić information content (AvgIpc) is 2.77. The summed E-state index contributed by atoms with van der Waals surface area (Å²) >= 11 is 0. The number of rotatable bonds is 5. The highest BCUT2D eigenvalue weighted by molar-refractivity contribution is 5.65. The molecular weight excluding hydrogens is 272 g/mol. The molecular formula is C14H18N4O3. The Morgan fingerprint density at radius 3 is 2.57 bits per heavy atom. The van der Waals surface area contributed by atoms with Crippen molar-refractivity contribution in [3.05, 3.63) is 41.6 Å². The lowest BCUT2D eigenvalue weighted by Gasteiger charge is -2.16. The Morgan fingerprint density at radius 1 is 1.33 bits per heavy atom. The molecule has 0 aliphatic rings. The van der Waals surface area contributed by atoms with Gasteiger partial charge in [-0.25, -0.2) is 14.8 Å². The highest BCUT2D eigenvalue weighted by Crippen LogP contribution is 2.19.